The molecule has 2 rings (SSSR count). The van der Waals surface area contributed by atoms with E-state index in [1.54, 1.807) is 31.4 Å². The predicted molar refractivity (Wildman–Crippen MR) is 63.7 cm³/mol. The molecule has 0 saturated carbocycles. The molecule has 0 fully saturated rings. The van der Waals surface area contributed by atoms with E-state index in [4.69, 9.17) is 9.47 Å². The summed E-state index contributed by atoms with van der Waals surface area (Å²) in [7, 11) is 1.57. The lowest BCUT2D eigenvalue weighted by atomic mass is 10.2. The van der Waals surface area contributed by atoms with E-state index in [-0.39, 0.29) is 12.2 Å². The topological polar surface area (TPSA) is 18.5 Å². The summed E-state index contributed by atoms with van der Waals surface area (Å²) in [5.41, 5.74) is 0.186. The van der Waals surface area contributed by atoms with E-state index in [0.717, 1.165) is 18.2 Å². The van der Waals surface area contributed by atoms with Crippen molar-refractivity contribution in [1.29, 1.82) is 0 Å². The Kier molecular flexibility index (Phi) is 3.77. The van der Waals surface area contributed by atoms with Gasteiger partial charge in [-0.3, -0.25) is 0 Å². The minimum Gasteiger partial charge on any atom is -0.497 e. The van der Waals surface area contributed by atoms with Crippen LogP contribution in [0.15, 0.2) is 42.5 Å². The Morgan fingerprint density at radius 3 is 2.28 bits per heavy atom. The molecule has 0 aliphatic heterocycles. The Hall–Kier alpha value is -2.10. The van der Waals surface area contributed by atoms with Crippen LogP contribution in [0.2, 0.25) is 0 Å². The fourth-order valence-electron chi connectivity index (χ4n) is 1.49. The van der Waals surface area contributed by atoms with Crippen molar-refractivity contribution < 1.29 is 18.3 Å². The highest BCUT2D eigenvalue weighted by atomic mass is 19.1. The molecule has 0 radical (unpaired) electrons. The van der Waals surface area contributed by atoms with Gasteiger partial charge in [0, 0.05) is 5.56 Å². The number of methoxy groups -OCH3 is 1. The van der Waals surface area contributed by atoms with Gasteiger partial charge < -0.3 is 9.47 Å². The van der Waals surface area contributed by atoms with Crippen LogP contribution in [-0.2, 0) is 6.61 Å². The maximum absolute atomic E-state index is 13.3. The lowest BCUT2D eigenvalue weighted by molar-refractivity contribution is 0.298. The molecule has 0 spiro atoms. The Balaban J connectivity index is 2.04. The molecule has 2 aromatic carbocycles. The standard InChI is InChI=1S/C14H12F2O2/c1-17-12-3-5-13(6-4-12)18-9-10-8-11(15)2-7-14(10)16/h2-8H,9H2,1H3. The van der Waals surface area contributed by atoms with Gasteiger partial charge in [-0.1, -0.05) is 0 Å². The largest absolute Gasteiger partial charge is 0.497 e. The third kappa shape index (κ3) is 2.97. The maximum atomic E-state index is 13.3. The summed E-state index contributed by atoms with van der Waals surface area (Å²) < 4.78 is 36.6. The van der Waals surface area contributed by atoms with Gasteiger partial charge in [-0.2, -0.15) is 0 Å². The van der Waals surface area contributed by atoms with Gasteiger partial charge in [0.25, 0.3) is 0 Å². The zero-order valence-corrected chi connectivity index (χ0v) is 9.82. The maximum Gasteiger partial charge on any atom is 0.130 e. The number of benzene rings is 2. The fraction of sp³-hybridized carbons (Fsp3) is 0.143. The van der Waals surface area contributed by atoms with Crippen LogP contribution in [-0.4, -0.2) is 7.11 Å². The molecule has 0 aromatic heterocycles. The van der Waals surface area contributed by atoms with Gasteiger partial charge in [-0.05, 0) is 42.5 Å². The predicted octanol–water partition coefficient (Wildman–Crippen LogP) is 3.55. The van der Waals surface area contributed by atoms with E-state index in [1.165, 1.54) is 0 Å². The van der Waals surface area contributed by atoms with Crippen molar-refractivity contribution >= 4 is 0 Å². The Bertz CT molecular complexity index is 524. The molecule has 18 heavy (non-hydrogen) atoms. The molecule has 0 aliphatic carbocycles. The van der Waals surface area contributed by atoms with Crippen LogP contribution < -0.4 is 9.47 Å². The van der Waals surface area contributed by atoms with Crippen LogP contribution in [0, 0.1) is 11.6 Å². The Morgan fingerprint density at radius 2 is 1.61 bits per heavy atom. The second kappa shape index (κ2) is 5.49. The zero-order valence-electron chi connectivity index (χ0n) is 9.82. The summed E-state index contributed by atoms with van der Waals surface area (Å²) in [4.78, 5) is 0. The molecule has 0 atom stereocenters. The van der Waals surface area contributed by atoms with Gasteiger partial charge in [0.15, 0.2) is 0 Å². The van der Waals surface area contributed by atoms with Gasteiger partial charge in [-0.15, -0.1) is 0 Å². The van der Waals surface area contributed by atoms with Gasteiger partial charge >= 0.3 is 0 Å². The minimum atomic E-state index is -0.482. The van der Waals surface area contributed by atoms with Crippen molar-refractivity contribution in [3.63, 3.8) is 0 Å². The first kappa shape index (κ1) is 12.4. The average molecular weight is 250 g/mol. The van der Waals surface area contributed by atoms with Crippen LogP contribution in [0.25, 0.3) is 0 Å². The summed E-state index contributed by atoms with van der Waals surface area (Å²) in [5, 5.41) is 0. The van der Waals surface area contributed by atoms with E-state index in [9.17, 15) is 8.78 Å². The monoisotopic (exact) mass is 250 g/mol. The first-order valence-electron chi connectivity index (χ1n) is 5.40. The number of rotatable bonds is 4. The van der Waals surface area contributed by atoms with Crippen molar-refractivity contribution in [2.75, 3.05) is 7.11 Å². The quantitative estimate of drug-likeness (QED) is 0.826. The molecule has 4 heteroatoms. The van der Waals surface area contributed by atoms with Crippen molar-refractivity contribution in [3.05, 3.63) is 59.7 Å². The number of halogens is 2. The second-order valence-electron chi connectivity index (χ2n) is 3.70. The summed E-state index contributed by atoms with van der Waals surface area (Å²) in [6, 6.07) is 10.2. The van der Waals surface area contributed by atoms with Crippen LogP contribution in [0.1, 0.15) is 5.56 Å². The molecule has 0 N–H and O–H groups in total. The third-order valence-electron chi connectivity index (χ3n) is 2.46. The summed E-state index contributed by atoms with van der Waals surface area (Å²) in [5.74, 6) is 0.313. The molecule has 0 aliphatic rings. The summed E-state index contributed by atoms with van der Waals surface area (Å²) in [6.07, 6.45) is 0. The van der Waals surface area contributed by atoms with Crippen LogP contribution >= 0.6 is 0 Å². The highest BCUT2D eigenvalue weighted by Gasteiger charge is 2.04. The minimum absolute atomic E-state index is 0.0179. The highest BCUT2D eigenvalue weighted by Crippen LogP contribution is 2.19. The number of hydrogen-bond donors (Lipinski definition) is 0. The third-order valence-corrected chi connectivity index (χ3v) is 2.46. The molecule has 0 amide bonds. The van der Waals surface area contributed by atoms with Crippen molar-refractivity contribution in [3.8, 4) is 11.5 Å². The SMILES string of the molecule is COc1ccc(OCc2cc(F)ccc2F)cc1. The van der Waals surface area contributed by atoms with E-state index in [2.05, 4.69) is 0 Å². The molecular weight excluding hydrogens is 238 g/mol. The van der Waals surface area contributed by atoms with E-state index >= 15 is 0 Å². The van der Waals surface area contributed by atoms with Crippen LogP contribution in [0.5, 0.6) is 11.5 Å². The molecule has 94 valence electrons. The van der Waals surface area contributed by atoms with E-state index in [0.29, 0.717) is 11.5 Å². The van der Waals surface area contributed by atoms with Gasteiger partial charge in [0.2, 0.25) is 0 Å². The van der Waals surface area contributed by atoms with Crippen LogP contribution in [0.3, 0.4) is 0 Å². The summed E-state index contributed by atoms with van der Waals surface area (Å²) >= 11 is 0. The van der Waals surface area contributed by atoms with E-state index < -0.39 is 11.6 Å². The molecule has 2 aromatic rings. The Labute approximate surface area is 104 Å². The van der Waals surface area contributed by atoms with Gasteiger partial charge in [0.1, 0.15) is 29.7 Å². The Morgan fingerprint density at radius 1 is 0.944 bits per heavy atom. The average Bonchev–Trinajstić information content (AvgIpc) is 2.40. The smallest absolute Gasteiger partial charge is 0.130 e. The zero-order chi connectivity index (χ0) is 13.0. The van der Waals surface area contributed by atoms with Crippen molar-refractivity contribution in [1.82, 2.24) is 0 Å². The normalized spacial score (nSPS) is 10.2. The highest BCUT2D eigenvalue weighted by molar-refractivity contribution is 5.31. The first-order valence-corrected chi connectivity index (χ1v) is 5.40. The molecule has 0 bridgehead atoms. The van der Waals surface area contributed by atoms with Gasteiger partial charge in [0.05, 0.1) is 7.11 Å². The van der Waals surface area contributed by atoms with Crippen molar-refractivity contribution in [2.45, 2.75) is 6.61 Å². The van der Waals surface area contributed by atoms with Crippen LogP contribution in [0.4, 0.5) is 8.78 Å². The summed E-state index contributed by atoms with van der Waals surface area (Å²) in [6.45, 7) is -0.0179. The molecule has 0 heterocycles. The molecule has 2 nitrogen and oxygen atoms in total. The lowest BCUT2D eigenvalue weighted by Crippen LogP contribution is -1.99. The fourth-order valence-corrected chi connectivity index (χ4v) is 1.49. The number of hydrogen-bond acceptors (Lipinski definition) is 2. The van der Waals surface area contributed by atoms with Crippen molar-refractivity contribution in [2.24, 2.45) is 0 Å². The van der Waals surface area contributed by atoms with E-state index in [1.807, 2.05) is 0 Å². The number of ether oxygens (including phenoxy) is 2. The molecular formula is C14H12F2O2. The lowest BCUT2D eigenvalue weighted by Gasteiger charge is -2.08. The molecule has 0 unspecified atom stereocenters. The van der Waals surface area contributed by atoms with Gasteiger partial charge in [-0.25, -0.2) is 8.78 Å². The molecule has 0 saturated heterocycles. The first-order chi connectivity index (χ1) is 8.69. The second-order valence-corrected chi connectivity index (χ2v) is 3.70.